The lowest BCUT2D eigenvalue weighted by molar-refractivity contribution is -0.119. The molecule has 1 aromatic rings. The van der Waals surface area contributed by atoms with Gasteiger partial charge in [0.2, 0.25) is 0 Å². The molecule has 1 aliphatic carbocycles. The number of aryl methyl sites for hydroxylation is 1. The number of hydrogen-bond acceptors (Lipinski definition) is 1. The fourth-order valence-electron chi connectivity index (χ4n) is 2.60. The van der Waals surface area contributed by atoms with Crippen LogP contribution in [0.15, 0.2) is 24.3 Å². The van der Waals surface area contributed by atoms with Gasteiger partial charge in [-0.3, -0.25) is 0 Å². The second kappa shape index (κ2) is 2.83. The molecule has 1 heteroatoms. The van der Waals surface area contributed by atoms with Crippen molar-refractivity contribution in [2.75, 3.05) is 0 Å². The Bertz CT molecular complexity index is 327. The van der Waals surface area contributed by atoms with E-state index in [2.05, 4.69) is 32.9 Å². The third-order valence-electron chi connectivity index (χ3n) is 3.13. The van der Waals surface area contributed by atoms with Gasteiger partial charge in [0.05, 0.1) is 5.60 Å². The van der Waals surface area contributed by atoms with Crippen molar-refractivity contribution in [1.82, 2.24) is 0 Å². The largest absolute Gasteiger partial charge is 0.385 e. The van der Waals surface area contributed by atoms with E-state index in [4.69, 9.17) is 0 Å². The Balaban J connectivity index is 2.21. The third kappa shape index (κ3) is 1.57. The number of benzene rings is 1. The van der Waals surface area contributed by atoms with E-state index in [1.54, 1.807) is 0 Å². The smallest absolute Gasteiger partial charge is 0.0906 e. The zero-order valence-electron chi connectivity index (χ0n) is 9.17. The van der Waals surface area contributed by atoms with E-state index in [9.17, 15) is 5.11 Å². The Morgan fingerprint density at radius 2 is 1.57 bits per heavy atom. The van der Waals surface area contributed by atoms with Crippen LogP contribution in [0, 0.1) is 12.3 Å². The molecule has 1 nitrogen and oxygen atoms in total. The van der Waals surface area contributed by atoms with E-state index in [1.165, 1.54) is 5.56 Å². The molecule has 0 bridgehead atoms. The van der Waals surface area contributed by atoms with Crippen molar-refractivity contribution in [1.29, 1.82) is 0 Å². The molecule has 1 aromatic carbocycles. The minimum Gasteiger partial charge on any atom is -0.385 e. The van der Waals surface area contributed by atoms with Crippen molar-refractivity contribution in [3.63, 3.8) is 0 Å². The first-order valence-corrected chi connectivity index (χ1v) is 5.21. The first-order valence-electron chi connectivity index (χ1n) is 5.21. The summed E-state index contributed by atoms with van der Waals surface area (Å²) in [5.41, 5.74) is 2.06. The molecule has 0 atom stereocenters. The highest BCUT2D eigenvalue weighted by molar-refractivity contribution is 5.29. The topological polar surface area (TPSA) is 20.2 Å². The van der Waals surface area contributed by atoms with Crippen LogP contribution in [0.4, 0.5) is 0 Å². The molecule has 2 rings (SSSR count). The predicted molar refractivity (Wildman–Crippen MR) is 58.1 cm³/mol. The van der Waals surface area contributed by atoms with Gasteiger partial charge in [-0.1, -0.05) is 43.7 Å². The summed E-state index contributed by atoms with van der Waals surface area (Å²) in [4.78, 5) is 0. The van der Waals surface area contributed by atoms with E-state index in [-0.39, 0.29) is 0 Å². The van der Waals surface area contributed by atoms with E-state index in [0.29, 0.717) is 5.41 Å². The summed E-state index contributed by atoms with van der Waals surface area (Å²) in [7, 11) is 0. The molecule has 1 saturated carbocycles. The highest BCUT2D eigenvalue weighted by Crippen LogP contribution is 2.53. The maximum absolute atomic E-state index is 10.3. The van der Waals surface area contributed by atoms with Gasteiger partial charge in [-0.2, -0.15) is 0 Å². The Labute approximate surface area is 85.8 Å². The molecular formula is C13H18O. The molecule has 1 fully saturated rings. The Kier molecular flexibility index (Phi) is 1.97. The maximum atomic E-state index is 10.3. The summed E-state index contributed by atoms with van der Waals surface area (Å²) >= 11 is 0. The predicted octanol–water partition coefficient (Wildman–Crippen LogP) is 3.00. The first-order chi connectivity index (χ1) is 6.41. The molecule has 0 radical (unpaired) electrons. The molecule has 1 N–H and O–H groups in total. The van der Waals surface area contributed by atoms with Crippen molar-refractivity contribution in [3.05, 3.63) is 35.4 Å². The average molecular weight is 190 g/mol. The van der Waals surface area contributed by atoms with Crippen molar-refractivity contribution in [2.24, 2.45) is 5.41 Å². The van der Waals surface area contributed by atoms with Gasteiger partial charge in [0.25, 0.3) is 0 Å². The molecule has 0 aromatic heterocycles. The van der Waals surface area contributed by atoms with Gasteiger partial charge >= 0.3 is 0 Å². The number of rotatable bonds is 1. The molecule has 0 unspecified atom stereocenters. The van der Waals surface area contributed by atoms with Crippen molar-refractivity contribution < 1.29 is 5.11 Å². The van der Waals surface area contributed by atoms with Crippen LogP contribution in [0.5, 0.6) is 0 Å². The lowest BCUT2D eigenvalue weighted by atomic mass is 9.59. The summed E-state index contributed by atoms with van der Waals surface area (Å²) in [5.74, 6) is 0. The van der Waals surface area contributed by atoms with E-state index in [1.807, 2.05) is 12.1 Å². The van der Waals surface area contributed by atoms with Gasteiger partial charge in [-0.15, -0.1) is 0 Å². The van der Waals surface area contributed by atoms with Gasteiger partial charge < -0.3 is 5.11 Å². The monoisotopic (exact) mass is 190 g/mol. The van der Waals surface area contributed by atoms with Crippen molar-refractivity contribution in [3.8, 4) is 0 Å². The van der Waals surface area contributed by atoms with Gasteiger partial charge in [0, 0.05) is 0 Å². The zero-order chi connectivity index (χ0) is 10.4. The van der Waals surface area contributed by atoms with Crippen LogP contribution >= 0.6 is 0 Å². The van der Waals surface area contributed by atoms with Crippen LogP contribution in [-0.2, 0) is 5.60 Å². The first kappa shape index (κ1) is 9.72. The summed E-state index contributed by atoms with van der Waals surface area (Å²) in [6.07, 6.45) is 1.76. The Hall–Kier alpha value is -0.820. The lowest BCUT2D eigenvalue weighted by Gasteiger charge is -2.50. The Morgan fingerprint density at radius 3 is 2.00 bits per heavy atom. The molecule has 76 valence electrons. The van der Waals surface area contributed by atoms with Crippen molar-refractivity contribution in [2.45, 2.75) is 39.2 Å². The Morgan fingerprint density at radius 1 is 1.07 bits per heavy atom. The van der Waals surface area contributed by atoms with Crippen LogP contribution in [-0.4, -0.2) is 5.11 Å². The second-order valence-corrected chi connectivity index (χ2v) is 5.42. The van der Waals surface area contributed by atoms with Crippen LogP contribution in [0.1, 0.15) is 37.8 Å². The van der Waals surface area contributed by atoms with Crippen LogP contribution in [0.3, 0.4) is 0 Å². The van der Waals surface area contributed by atoms with Crippen LogP contribution in [0.2, 0.25) is 0 Å². The standard InChI is InChI=1S/C13H18O/c1-10-4-6-11(7-5-10)13(14)8-12(2,3)9-13/h4-7,14H,8-9H2,1-3H3. The highest BCUT2D eigenvalue weighted by Gasteiger charge is 2.48. The summed E-state index contributed by atoms with van der Waals surface area (Å²) in [6.45, 7) is 6.48. The van der Waals surface area contributed by atoms with E-state index in [0.717, 1.165) is 18.4 Å². The maximum Gasteiger partial charge on any atom is 0.0906 e. The zero-order valence-corrected chi connectivity index (χ0v) is 9.17. The fourth-order valence-corrected chi connectivity index (χ4v) is 2.60. The quantitative estimate of drug-likeness (QED) is 0.721. The van der Waals surface area contributed by atoms with Gasteiger partial charge in [-0.25, -0.2) is 0 Å². The van der Waals surface area contributed by atoms with Crippen LogP contribution in [0.25, 0.3) is 0 Å². The highest BCUT2D eigenvalue weighted by atomic mass is 16.3. The molecule has 0 heterocycles. The van der Waals surface area contributed by atoms with Gasteiger partial charge in [0.1, 0.15) is 0 Å². The molecule has 14 heavy (non-hydrogen) atoms. The molecule has 0 spiro atoms. The fraction of sp³-hybridized carbons (Fsp3) is 0.538. The minimum absolute atomic E-state index is 0.305. The molecule has 1 aliphatic rings. The minimum atomic E-state index is -0.558. The number of hydrogen-bond donors (Lipinski definition) is 1. The average Bonchev–Trinajstić information content (AvgIpc) is 2.01. The molecule has 0 aliphatic heterocycles. The molecule has 0 saturated heterocycles. The molecular weight excluding hydrogens is 172 g/mol. The third-order valence-corrected chi connectivity index (χ3v) is 3.13. The SMILES string of the molecule is Cc1ccc(C2(O)CC(C)(C)C2)cc1. The summed E-state index contributed by atoms with van der Waals surface area (Å²) < 4.78 is 0. The lowest BCUT2D eigenvalue weighted by Crippen LogP contribution is -2.46. The van der Waals surface area contributed by atoms with Crippen LogP contribution < -0.4 is 0 Å². The van der Waals surface area contributed by atoms with Crippen molar-refractivity contribution >= 4 is 0 Å². The second-order valence-electron chi connectivity index (χ2n) is 5.42. The summed E-state index contributed by atoms with van der Waals surface area (Å²) in [5, 5.41) is 10.3. The molecule has 0 amide bonds. The summed E-state index contributed by atoms with van der Waals surface area (Å²) in [6, 6.07) is 8.23. The van der Waals surface area contributed by atoms with Gasteiger partial charge in [-0.05, 0) is 30.7 Å². The van der Waals surface area contributed by atoms with E-state index < -0.39 is 5.60 Å². The number of aliphatic hydroxyl groups is 1. The van der Waals surface area contributed by atoms with Gasteiger partial charge in [0.15, 0.2) is 0 Å². The van der Waals surface area contributed by atoms with E-state index >= 15 is 0 Å². The normalized spacial score (nSPS) is 22.9.